The van der Waals surface area contributed by atoms with Crippen LogP contribution >= 0.6 is 11.6 Å². The molecule has 1 fully saturated rings. The second-order valence-corrected chi connectivity index (χ2v) is 7.07. The van der Waals surface area contributed by atoms with Crippen LogP contribution in [0.3, 0.4) is 0 Å². The van der Waals surface area contributed by atoms with Crippen LogP contribution in [-0.2, 0) is 4.74 Å². The minimum atomic E-state index is -0.355. The molecule has 0 bridgehead atoms. The maximum absolute atomic E-state index is 12.4. The summed E-state index contributed by atoms with van der Waals surface area (Å²) in [5.74, 6) is -0.0146. The lowest BCUT2D eigenvalue weighted by molar-refractivity contribution is 0.0451. The van der Waals surface area contributed by atoms with Crippen LogP contribution in [0.4, 0.5) is 5.69 Å². The summed E-state index contributed by atoms with van der Waals surface area (Å²) in [4.78, 5) is 14.7. The quantitative estimate of drug-likeness (QED) is 0.621. The number of ether oxygens (including phenoxy) is 1. The molecule has 1 saturated heterocycles. The summed E-state index contributed by atoms with van der Waals surface area (Å²) in [5, 5.41) is 4.80. The van der Waals surface area contributed by atoms with Gasteiger partial charge in [-0.3, -0.25) is 0 Å². The number of carbonyl (C=O) groups excluding carboxylic acids is 1. The maximum atomic E-state index is 12.4. The zero-order chi connectivity index (χ0) is 18.6. The van der Waals surface area contributed by atoms with Crippen LogP contribution < -0.4 is 4.90 Å². The van der Waals surface area contributed by atoms with Gasteiger partial charge in [-0.05, 0) is 30.7 Å². The molecule has 1 unspecified atom stereocenters. The highest BCUT2D eigenvalue weighted by Crippen LogP contribution is 2.24. The van der Waals surface area contributed by atoms with Crippen molar-refractivity contribution in [3.63, 3.8) is 0 Å². The molecular weight excluding hydrogens is 362 g/mol. The molecule has 0 aliphatic carbocycles. The van der Waals surface area contributed by atoms with E-state index in [9.17, 15) is 4.79 Å². The molecule has 1 aromatic heterocycles. The SMILES string of the molecule is O=C(OCC1CCN(c2ccccc2)C1)c1cnn(-c2ccccc2Cl)c1. The molecule has 138 valence electrons. The van der Waals surface area contributed by atoms with Crippen molar-refractivity contribution in [2.45, 2.75) is 6.42 Å². The average molecular weight is 382 g/mol. The first-order valence-corrected chi connectivity index (χ1v) is 9.35. The number of benzene rings is 2. The molecule has 1 atom stereocenters. The van der Waals surface area contributed by atoms with Crippen molar-refractivity contribution in [1.82, 2.24) is 9.78 Å². The Morgan fingerprint density at radius 3 is 2.74 bits per heavy atom. The third kappa shape index (κ3) is 3.98. The lowest BCUT2D eigenvalue weighted by Gasteiger charge is -2.18. The molecular formula is C21H20ClN3O2. The summed E-state index contributed by atoms with van der Waals surface area (Å²) in [6.45, 7) is 2.30. The molecule has 4 rings (SSSR count). The fourth-order valence-electron chi connectivity index (χ4n) is 3.32. The second-order valence-electron chi connectivity index (χ2n) is 6.66. The van der Waals surface area contributed by atoms with Crippen LogP contribution in [-0.4, -0.2) is 35.4 Å². The monoisotopic (exact) mass is 381 g/mol. The predicted molar refractivity (Wildman–Crippen MR) is 106 cm³/mol. The number of carbonyl (C=O) groups is 1. The van der Waals surface area contributed by atoms with Crippen LogP contribution in [0, 0.1) is 5.92 Å². The van der Waals surface area contributed by atoms with E-state index in [1.165, 1.54) is 11.9 Å². The highest BCUT2D eigenvalue weighted by atomic mass is 35.5. The first kappa shape index (κ1) is 17.6. The molecule has 1 aliphatic heterocycles. The lowest BCUT2D eigenvalue weighted by Crippen LogP contribution is -2.21. The predicted octanol–water partition coefficient (Wildman–Crippen LogP) is 4.21. The van der Waals surface area contributed by atoms with Gasteiger partial charge in [0.1, 0.15) is 0 Å². The number of hydrogen-bond acceptors (Lipinski definition) is 4. The van der Waals surface area contributed by atoms with Crippen molar-refractivity contribution in [3.05, 3.63) is 77.6 Å². The standard InChI is InChI=1S/C21H20ClN3O2/c22-19-8-4-5-9-20(19)25-14-17(12-23-25)21(26)27-15-16-10-11-24(13-16)18-6-2-1-3-7-18/h1-9,12,14,16H,10-11,13,15H2. The minimum Gasteiger partial charge on any atom is -0.462 e. The van der Waals surface area contributed by atoms with Gasteiger partial charge in [0.2, 0.25) is 0 Å². The number of aromatic nitrogens is 2. The Balaban J connectivity index is 1.33. The summed E-state index contributed by atoms with van der Waals surface area (Å²) in [5.41, 5.74) is 2.37. The number of esters is 1. The summed E-state index contributed by atoms with van der Waals surface area (Å²) in [6.07, 6.45) is 4.17. The van der Waals surface area contributed by atoms with Crippen LogP contribution in [0.15, 0.2) is 67.0 Å². The number of para-hydroxylation sites is 2. The Kier molecular flexibility index (Phi) is 5.12. The van der Waals surface area contributed by atoms with E-state index in [0.717, 1.165) is 25.2 Å². The van der Waals surface area contributed by atoms with Crippen molar-refractivity contribution in [2.24, 2.45) is 5.92 Å². The normalized spacial score (nSPS) is 16.5. The van der Waals surface area contributed by atoms with E-state index < -0.39 is 0 Å². The first-order valence-electron chi connectivity index (χ1n) is 8.97. The number of rotatable bonds is 5. The van der Waals surface area contributed by atoms with Crippen molar-refractivity contribution in [3.8, 4) is 5.69 Å². The maximum Gasteiger partial charge on any atom is 0.341 e. The Bertz CT molecular complexity index is 926. The van der Waals surface area contributed by atoms with Gasteiger partial charge in [-0.2, -0.15) is 5.10 Å². The summed E-state index contributed by atoms with van der Waals surface area (Å²) >= 11 is 6.18. The van der Waals surface area contributed by atoms with Gasteiger partial charge in [0.25, 0.3) is 0 Å². The van der Waals surface area contributed by atoms with Gasteiger partial charge >= 0.3 is 5.97 Å². The van der Waals surface area contributed by atoms with E-state index in [1.54, 1.807) is 16.9 Å². The zero-order valence-corrected chi connectivity index (χ0v) is 15.5. The van der Waals surface area contributed by atoms with Crippen LogP contribution in [0.5, 0.6) is 0 Å². The Morgan fingerprint density at radius 2 is 1.93 bits per heavy atom. The number of anilines is 1. The Hall–Kier alpha value is -2.79. The molecule has 2 aromatic carbocycles. The van der Waals surface area contributed by atoms with Gasteiger partial charge in [-0.15, -0.1) is 0 Å². The van der Waals surface area contributed by atoms with Crippen LogP contribution in [0.25, 0.3) is 5.69 Å². The van der Waals surface area contributed by atoms with E-state index in [-0.39, 0.29) is 5.97 Å². The molecule has 1 aliphatic rings. The molecule has 2 heterocycles. The molecule has 3 aromatic rings. The molecule has 0 saturated carbocycles. The molecule has 0 spiro atoms. The van der Waals surface area contributed by atoms with E-state index in [0.29, 0.717) is 23.1 Å². The summed E-state index contributed by atoms with van der Waals surface area (Å²) in [6, 6.07) is 17.7. The van der Waals surface area contributed by atoms with Gasteiger partial charge < -0.3 is 9.64 Å². The van der Waals surface area contributed by atoms with Gasteiger partial charge in [-0.25, -0.2) is 9.48 Å². The van der Waals surface area contributed by atoms with E-state index in [4.69, 9.17) is 16.3 Å². The van der Waals surface area contributed by atoms with Crippen molar-refractivity contribution >= 4 is 23.3 Å². The molecule has 6 heteroatoms. The number of hydrogen-bond donors (Lipinski definition) is 0. The van der Waals surface area contributed by atoms with Crippen molar-refractivity contribution < 1.29 is 9.53 Å². The van der Waals surface area contributed by atoms with Gasteiger partial charge in [-0.1, -0.05) is 41.9 Å². The first-order chi connectivity index (χ1) is 13.2. The van der Waals surface area contributed by atoms with E-state index >= 15 is 0 Å². The fourth-order valence-corrected chi connectivity index (χ4v) is 3.54. The largest absolute Gasteiger partial charge is 0.462 e. The number of halogens is 1. The minimum absolute atomic E-state index is 0.341. The lowest BCUT2D eigenvalue weighted by atomic mass is 10.1. The van der Waals surface area contributed by atoms with Crippen molar-refractivity contribution in [2.75, 3.05) is 24.6 Å². The summed E-state index contributed by atoms with van der Waals surface area (Å²) < 4.78 is 7.11. The van der Waals surface area contributed by atoms with E-state index in [1.807, 2.05) is 36.4 Å². The summed E-state index contributed by atoms with van der Waals surface area (Å²) in [7, 11) is 0. The van der Waals surface area contributed by atoms with Crippen LogP contribution in [0.1, 0.15) is 16.8 Å². The van der Waals surface area contributed by atoms with Gasteiger partial charge in [0.15, 0.2) is 0 Å². The molecule has 0 radical (unpaired) electrons. The second kappa shape index (κ2) is 7.84. The molecule has 27 heavy (non-hydrogen) atoms. The molecule has 0 N–H and O–H groups in total. The molecule has 0 amide bonds. The van der Waals surface area contributed by atoms with E-state index in [2.05, 4.69) is 22.1 Å². The Labute approximate surface area is 163 Å². The Morgan fingerprint density at radius 1 is 1.15 bits per heavy atom. The smallest absolute Gasteiger partial charge is 0.341 e. The third-order valence-electron chi connectivity index (χ3n) is 4.77. The highest BCUT2D eigenvalue weighted by Gasteiger charge is 2.24. The van der Waals surface area contributed by atoms with Crippen LogP contribution in [0.2, 0.25) is 5.02 Å². The molecule has 5 nitrogen and oxygen atoms in total. The average Bonchev–Trinajstić information content (AvgIpc) is 3.37. The van der Waals surface area contributed by atoms with Gasteiger partial charge in [0, 0.05) is 30.9 Å². The fraction of sp³-hybridized carbons (Fsp3) is 0.238. The zero-order valence-electron chi connectivity index (χ0n) is 14.8. The van der Waals surface area contributed by atoms with Gasteiger partial charge in [0.05, 0.1) is 29.1 Å². The number of nitrogens with zero attached hydrogens (tertiary/aromatic N) is 3. The topological polar surface area (TPSA) is 47.4 Å². The van der Waals surface area contributed by atoms with Crippen molar-refractivity contribution in [1.29, 1.82) is 0 Å². The third-order valence-corrected chi connectivity index (χ3v) is 5.09. The highest BCUT2D eigenvalue weighted by molar-refractivity contribution is 6.32.